The summed E-state index contributed by atoms with van der Waals surface area (Å²) in [5.41, 5.74) is 2.07. The second kappa shape index (κ2) is 9.34. The van der Waals surface area contributed by atoms with E-state index in [0.717, 1.165) is 18.5 Å². The molecule has 0 saturated heterocycles. The Kier molecular flexibility index (Phi) is 6.36. The lowest BCUT2D eigenvalue weighted by Crippen LogP contribution is -2.41. The van der Waals surface area contributed by atoms with E-state index in [2.05, 4.69) is 23.5 Å². The van der Waals surface area contributed by atoms with Crippen LogP contribution < -0.4 is 4.74 Å². The lowest BCUT2D eigenvalue weighted by atomic mass is 9.98. The van der Waals surface area contributed by atoms with Crippen molar-refractivity contribution in [1.82, 2.24) is 14.7 Å². The quantitative estimate of drug-likeness (QED) is 0.520. The molecule has 1 amide bonds. The summed E-state index contributed by atoms with van der Waals surface area (Å²) in [6.07, 6.45) is 3.31. The molecule has 0 saturated carbocycles. The Morgan fingerprint density at radius 2 is 2.00 bits per heavy atom. The maximum Gasteiger partial charge on any atom is 0.362 e. The van der Waals surface area contributed by atoms with E-state index in [1.807, 2.05) is 35.2 Å². The van der Waals surface area contributed by atoms with E-state index in [9.17, 15) is 9.59 Å². The highest BCUT2D eigenvalue weighted by atomic mass is 32.1. The maximum atomic E-state index is 13.0. The van der Waals surface area contributed by atoms with Crippen molar-refractivity contribution in [2.75, 3.05) is 19.8 Å². The molecule has 0 aliphatic carbocycles. The summed E-state index contributed by atoms with van der Waals surface area (Å²) >= 11 is 1.75. The minimum atomic E-state index is -0.577. The van der Waals surface area contributed by atoms with Gasteiger partial charge in [-0.3, -0.25) is 4.79 Å². The Balaban J connectivity index is 1.52. The molecule has 1 unspecified atom stereocenters. The molecule has 31 heavy (non-hydrogen) atoms. The average Bonchev–Trinajstić information content (AvgIpc) is 3.44. The molecule has 2 aromatic heterocycles. The third kappa shape index (κ3) is 4.34. The van der Waals surface area contributed by atoms with Gasteiger partial charge in [-0.2, -0.15) is 5.10 Å². The predicted octanol–water partition coefficient (Wildman–Crippen LogP) is 4.03. The number of thiophene rings is 1. The normalized spacial score (nSPS) is 15.4. The van der Waals surface area contributed by atoms with Crippen molar-refractivity contribution in [1.29, 1.82) is 0 Å². The summed E-state index contributed by atoms with van der Waals surface area (Å²) in [6.45, 7) is 4.55. The molecular formula is C23H25N3O4S. The van der Waals surface area contributed by atoms with Gasteiger partial charge in [0.2, 0.25) is 5.69 Å². The molecule has 0 radical (unpaired) electrons. The number of aromatic nitrogens is 2. The highest BCUT2D eigenvalue weighted by Gasteiger charge is 2.31. The summed E-state index contributed by atoms with van der Waals surface area (Å²) < 4.78 is 12.5. The molecule has 8 heteroatoms. The van der Waals surface area contributed by atoms with Crippen LogP contribution in [0.2, 0.25) is 0 Å². The number of carbonyl (C=O) groups is 2. The molecule has 3 aromatic rings. The van der Waals surface area contributed by atoms with Crippen LogP contribution in [0.15, 0.2) is 48.0 Å². The number of benzene rings is 1. The molecule has 0 bridgehead atoms. The van der Waals surface area contributed by atoms with E-state index >= 15 is 0 Å². The second-order valence-electron chi connectivity index (χ2n) is 7.19. The number of fused-ring (bicyclic) bond motifs is 1. The zero-order valence-electron chi connectivity index (χ0n) is 17.6. The molecule has 1 aliphatic rings. The van der Waals surface area contributed by atoms with Gasteiger partial charge < -0.3 is 14.4 Å². The van der Waals surface area contributed by atoms with Crippen LogP contribution in [0.25, 0.3) is 5.69 Å². The predicted molar refractivity (Wildman–Crippen MR) is 118 cm³/mol. The zero-order chi connectivity index (χ0) is 21.8. The first-order valence-electron chi connectivity index (χ1n) is 10.4. The fourth-order valence-electron chi connectivity index (χ4n) is 3.88. The van der Waals surface area contributed by atoms with E-state index in [0.29, 0.717) is 6.54 Å². The number of esters is 1. The fourth-order valence-corrected chi connectivity index (χ4v) is 4.80. The monoisotopic (exact) mass is 439 g/mol. The largest absolute Gasteiger partial charge is 0.480 e. The van der Waals surface area contributed by atoms with Crippen molar-refractivity contribution < 1.29 is 19.1 Å². The summed E-state index contributed by atoms with van der Waals surface area (Å²) in [7, 11) is 0. The van der Waals surface area contributed by atoms with Crippen LogP contribution in [0, 0.1) is 0 Å². The number of carbonyl (C=O) groups excluding carboxylic acids is 2. The van der Waals surface area contributed by atoms with Gasteiger partial charge in [0.05, 0.1) is 24.5 Å². The average molecular weight is 440 g/mol. The SMILES string of the molecule is CCOC(=O)c1nn(-c2ccccc2)cc1OCC(=O)N1CCc2sccc2C1CC. The molecular weight excluding hydrogens is 414 g/mol. The Labute approximate surface area is 185 Å². The van der Waals surface area contributed by atoms with E-state index < -0.39 is 5.97 Å². The van der Waals surface area contributed by atoms with Crippen LogP contribution in [-0.2, 0) is 16.0 Å². The van der Waals surface area contributed by atoms with Gasteiger partial charge in [0.15, 0.2) is 12.4 Å². The maximum absolute atomic E-state index is 13.0. The van der Waals surface area contributed by atoms with Gasteiger partial charge in [-0.15, -0.1) is 11.3 Å². The van der Waals surface area contributed by atoms with Crippen molar-refractivity contribution in [2.45, 2.75) is 32.7 Å². The highest BCUT2D eigenvalue weighted by Crippen LogP contribution is 2.35. The van der Waals surface area contributed by atoms with Crippen molar-refractivity contribution >= 4 is 23.2 Å². The molecule has 1 aliphatic heterocycles. The molecule has 3 heterocycles. The molecule has 7 nitrogen and oxygen atoms in total. The summed E-state index contributed by atoms with van der Waals surface area (Å²) in [4.78, 5) is 28.6. The number of amides is 1. The van der Waals surface area contributed by atoms with Crippen molar-refractivity contribution in [2.24, 2.45) is 0 Å². The standard InChI is InChI=1S/C23H25N3O4S/c1-3-18-17-11-13-31-20(17)10-12-25(18)21(27)15-30-19-14-26(16-8-6-5-7-9-16)24-22(19)23(28)29-4-2/h5-9,11,13-14,18H,3-4,10,12,15H2,1-2H3. The van der Waals surface area contributed by atoms with Crippen LogP contribution in [0.1, 0.15) is 47.2 Å². The molecule has 0 spiro atoms. The first kappa shape index (κ1) is 21.1. The minimum Gasteiger partial charge on any atom is -0.480 e. The smallest absolute Gasteiger partial charge is 0.362 e. The number of hydrogen-bond donors (Lipinski definition) is 0. The number of rotatable bonds is 7. The molecule has 1 atom stereocenters. The van der Waals surface area contributed by atoms with Crippen LogP contribution in [0.3, 0.4) is 0 Å². The Hall–Kier alpha value is -3.13. The van der Waals surface area contributed by atoms with Gasteiger partial charge in [-0.25, -0.2) is 9.48 Å². The van der Waals surface area contributed by atoms with Gasteiger partial charge >= 0.3 is 5.97 Å². The lowest BCUT2D eigenvalue weighted by Gasteiger charge is -2.35. The number of para-hydroxylation sites is 1. The summed E-state index contributed by atoms with van der Waals surface area (Å²) in [5, 5.41) is 6.42. The Bertz CT molecular complexity index is 1060. The van der Waals surface area contributed by atoms with Gasteiger partial charge in [-0.05, 0) is 48.9 Å². The fraction of sp³-hybridized carbons (Fsp3) is 0.348. The van der Waals surface area contributed by atoms with Gasteiger partial charge in [0, 0.05) is 11.4 Å². The van der Waals surface area contributed by atoms with Crippen LogP contribution >= 0.6 is 11.3 Å². The van der Waals surface area contributed by atoms with Crippen LogP contribution in [-0.4, -0.2) is 46.3 Å². The highest BCUT2D eigenvalue weighted by molar-refractivity contribution is 7.10. The number of ether oxygens (including phenoxy) is 2. The number of hydrogen-bond acceptors (Lipinski definition) is 6. The Morgan fingerprint density at radius 1 is 1.19 bits per heavy atom. The Morgan fingerprint density at radius 3 is 2.74 bits per heavy atom. The van der Waals surface area contributed by atoms with E-state index in [-0.39, 0.29) is 36.6 Å². The van der Waals surface area contributed by atoms with E-state index in [1.54, 1.807) is 29.1 Å². The van der Waals surface area contributed by atoms with E-state index in [1.165, 1.54) is 10.4 Å². The summed E-state index contributed by atoms with van der Waals surface area (Å²) in [6, 6.07) is 11.6. The number of nitrogens with zero attached hydrogens (tertiary/aromatic N) is 3. The van der Waals surface area contributed by atoms with Crippen LogP contribution in [0.5, 0.6) is 5.75 Å². The molecule has 0 fully saturated rings. The van der Waals surface area contributed by atoms with E-state index in [4.69, 9.17) is 9.47 Å². The molecule has 1 aromatic carbocycles. The van der Waals surface area contributed by atoms with Gasteiger partial charge in [0.1, 0.15) is 0 Å². The van der Waals surface area contributed by atoms with Crippen LogP contribution in [0.4, 0.5) is 0 Å². The first-order valence-corrected chi connectivity index (χ1v) is 11.3. The van der Waals surface area contributed by atoms with Gasteiger partial charge in [-0.1, -0.05) is 25.1 Å². The first-order chi connectivity index (χ1) is 15.1. The second-order valence-corrected chi connectivity index (χ2v) is 8.19. The zero-order valence-corrected chi connectivity index (χ0v) is 18.4. The third-order valence-electron chi connectivity index (χ3n) is 5.32. The van der Waals surface area contributed by atoms with Crippen molar-refractivity contribution in [3.05, 3.63) is 64.1 Å². The molecule has 162 valence electrons. The van der Waals surface area contributed by atoms with Gasteiger partial charge in [0.25, 0.3) is 5.91 Å². The third-order valence-corrected chi connectivity index (χ3v) is 6.32. The van der Waals surface area contributed by atoms with Crippen molar-refractivity contribution in [3.8, 4) is 11.4 Å². The summed E-state index contributed by atoms with van der Waals surface area (Å²) in [5.74, 6) is -0.449. The topological polar surface area (TPSA) is 73.7 Å². The minimum absolute atomic E-state index is 0.0580. The lowest BCUT2D eigenvalue weighted by molar-refractivity contribution is -0.136. The van der Waals surface area contributed by atoms with Crippen molar-refractivity contribution in [3.63, 3.8) is 0 Å². The molecule has 4 rings (SSSR count). The molecule has 0 N–H and O–H groups in total.